The van der Waals surface area contributed by atoms with Gasteiger partial charge in [0.15, 0.2) is 0 Å². The Bertz CT molecular complexity index is 509. The molecule has 18 heavy (non-hydrogen) atoms. The van der Waals surface area contributed by atoms with Crippen LogP contribution >= 0.6 is 0 Å². The summed E-state index contributed by atoms with van der Waals surface area (Å²) in [7, 11) is -5.00. The first kappa shape index (κ1) is 13.7. The van der Waals surface area contributed by atoms with Crippen molar-refractivity contribution in [2.45, 2.75) is 4.90 Å². The third kappa shape index (κ3) is 3.38. The van der Waals surface area contributed by atoms with Crippen molar-refractivity contribution in [2.24, 2.45) is 0 Å². The second kappa shape index (κ2) is 5.92. The number of ether oxygens (including phenoxy) is 1. The lowest BCUT2D eigenvalue weighted by molar-refractivity contribution is 0.0732. The number of nitrogens with zero attached hydrogens (tertiary/aromatic N) is 1. The Balaban J connectivity index is 2.06. The highest BCUT2D eigenvalue weighted by Gasteiger charge is 2.26. The highest BCUT2D eigenvalue weighted by atomic mass is 32.3. The fraction of sp³-hybridized carbons (Fsp3) is 0.455. The third-order valence-corrected chi connectivity index (χ3v) is 6.62. The maximum Gasteiger partial charge on any atom is 0.226 e. The van der Waals surface area contributed by atoms with Gasteiger partial charge in [0, 0.05) is 18.0 Å². The first-order valence-electron chi connectivity index (χ1n) is 5.58. The van der Waals surface area contributed by atoms with Crippen LogP contribution in [-0.4, -0.2) is 48.3 Å². The first-order valence-corrected chi connectivity index (χ1v) is 8.51. The highest BCUT2D eigenvalue weighted by molar-refractivity contribution is 8.04. The highest BCUT2D eigenvalue weighted by Crippen LogP contribution is 2.12. The number of rotatable bonds is 4. The average molecular weight is 289 g/mol. The van der Waals surface area contributed by atoms with Crippen molar-refractivity contribution >= 4 is 20.8 Å². The molecule has 1 unspecified atom stereocenters. The van der Waals surface area contributed by atoms with Gasteiger partial charge >= 0.3 is 0 Å². The van der Waals surface area contributed by atoms with Crippen LogP contribution in [-0.2, 0) is 25.6 Å². The van der Waals surface area contributed by atoms with Gasteiger partial charge in [-0.15, -0.1) is 0 Å². The molecule has 1 aliphatic rings. The first-order chi connectivity index (χ1) is 8.59. The molecule has 0 amide bonds. The lowest BCUT2D eigenvalue weighted by atomic mass is 10.4. The lowest BCUT2D eigenvalue weighted by Gasteiger charge is -2.25. The zero-order valence-electron chi connectivity index (χ0n) is 9.82. The van der Waals surface area contributed by atoms with Crippen molar-refractivity contribution in [2.75, 3.05) is 31.4 Å². The summed E-state index contributed by atoms with van der Waals surface area (Å²) in [5.41, 5.74) is 0. The maximum absolute atomic E-state index is 12.0. The molecule has 1 aliphatic heterocycles. The molecule has 5 nitrogen and oxygen atoms in total. The van der Waals surface area contributed by atoms with Gasteiger partial charge in [-0.05, 0) is 12.1 Å². The minimum Gasteiger partial charge on any atom is -0.379 e. The second-order valence-corrected chi connectivity index (χ2v) is 7.69. The summed E-state index contributed by atoms with van der Waals surface area (Å²) in [4.78, 5) is 0.536. The molecule has 7 heteroatoms. The molecule has 0 aliphatic carbocycles. The number of benzene rings is 1. The van der Waals surface area contributed by atoms with Gasteiger partial charge in [-0.3, -0.25) is 4.21 Å². The van der Waals surface area contributed by atoms with Crippen molar-refractivity contribution in [3.05, 3.63) is 30.3 Å². The van der Waals surface area contributed by atoms with E-state index < -0.39 is 20.8 Å². The summed E-state index contributed by atoms with van der Waals surface area (Å²) < 4.78 is 42.5. The average Bonchev–Trinajstić information content (AvgIpc) is 2.40. The maximum atomic E-state index is 12.0. The molecule has 1 atom stereocenters. The van der Waals surface area contributed by atoms with Gasteiger partial charge in [-0.2, -0.15) is 4.31 Å². The Morgan fingerprint density at radius 3 is 2.39 bits per heavy atom. The van der Waals surface area contributed by atoms with E-state index in [1.54, 1.807) is 30.3 Å². The molecule has 1 fully saturated rings. The molecule has 1 saturated heterocycles. The van der Waals surface area contributed by atoms with E-state index in [-0.39, 0.29) is 5.08 Å². The van der Waals surface area contributed by atoms with Gasteiger partial charge < -0.3 is 4.74 Å². The van der Waals surface area contributed by atoms with E-state index in [4.69, 9.17) is 4.74 Å². The van der Waals surface area contributed by atoms with Crippen LogP contribution in [0.15, 0.2) is 35.2 Å². The standard InChI is InChI=1S/C11H15NO4S2/c13-17(11-4-2-1-3-5-11)10-18(14,15)12-6-8-16-9-7-12/h1-5H,6-10H2. The Labute approximate surface area is 109 Å². The number of hydrogen-bond donors (Lipinski definition) is 0. The Kier molecular flexibility index (Phi) is 4.50. The smallest absolute Gasteiger partial charge is 0.226 e. The molecule has 0 N–H and O–H groups in total. The van der Waals surface area contributed by atoms with E-state index in [9.17, 15) is 12.6 Å². The van der Waals surface area contributed by atoms with Crippen LogP contribution in [0.5, 0.6) is 0 Å². The quantitative estimate of drug-likeness (QED) is 0.805. The van der Waals surface area contributed by atoms with E-state index >= 15 is 0 Å². The Hall–Kier alpha value is -0.760. The zero-order valence-corrected chi connectivity index (χ0v) is 11.5. The molecule has 0 saturated carbocycles. The third-order valence-electron chi connectivity index (χ3n) is 2.63. The number of sulfonamides is 1. The molecule has 0 radical (unpaired) electrons. The summed E-state index contributed by atoms with van der Waals surface area (Å²) in [5.74, 6) is 0. The van der Waals surface area contributed by atoms with Gasteiger partial charge in [0.1, 0.15) is 5.08 Å². The molecule has 1 aromatic rings. The molecular formula is C11H15NO4S2. The molecule has 1 aromatic carbocycles. The predicted molar refractivity (Wildman–Crippen MR) is 69.0 cm³/mol. The monoisotopic (exact) mass is 289 g/mol. The van der Waals surface area contributed by atoms with Crippen molar-refractivity contribution in [3.8, 4) is 0 Å². The van der Waals surface area contributed by atoms with Crippen LogP contribution in [0.4, 0.5) is 0 Å². The minimum atomic E-state index is -3.48. The van der Waals surface area contributed by atoms with Crippen molar-refractivity contribution < 1.29 is 17.4 Å². The molecule has 2 rings (SSSR count). The van der Waals surface area contributed by atoms with E-state index in [0.717, 1.165) is 0 Å². The fourth-order valence-electron chi connectivity index (χ4n) is 1.67. The lowest BCUT2D eigenvalue weighted by Crippen LogP contribution is -2.42. The Morgan fingerprint density at radius 1 is 1.17 bits per heavy atom. The predicted octanol–water partition coefficient (Wildman–Crippen LogP) is 0.414. The van der Waals surface area contributed by atoms with Gasteiger partial charge in [0.05, 0.1) is 24.0 Å². The Morgan fingerprint density at radius 2 is 1.78 bits per heavy atom. The topological polar surface area (TPSA) is 63.7 Å². The molecule has 0 bridgehead atoms. The van der Waals surface area contributed by atoms with Gasteiger partial charge in [0.2, 0.25) is 10.0 Å². The van der Waals surface area contributed by atoms with E-state index in [1.165, 1.54) is 4.31 Å². The van der Waals surface area contributed by atoms with E-state index in [0.29, 0.717) is 31.2 Å². The van der Waals surface area contributed by atoms with Crippen LogP contribution in [0.1, 0.15) is 0 Å². The summed E-state index contributed by atoms with van der Waals surface area (Å²) in [5, 5.41) is -0.364. The van der Waals surface area contributed by atoms with Crippen molar-refractivity contribution in [1.29, 1.82) is 0 Å². The summed E-state index contributed by atoms with van der Waals surface area (Å²) in [6, 6.07) is 8.64. The van der Waals surface area contributed by atoms with Crippen LogP contribution in [0, 0.1) is 0 Å². The summed E-state index contributed by atoms with van der Waals surface area (Å²) >= 11 is 0. The molecule has 100 valence electrons. The van der Waals surface area contributed by atoms with Crippen LogP contribution in [0.3, 0.4) is 0 Å². The van der Waals surface area contributed by atoms with Crippen molar-refractivity contribution in [1.82, 2.24) is 4.31 Å². The van der Waals surface area contributed by atoms with E-state index in [2.05, 4.69) is 0 Å². The van der Waals surface area contributed by atoms with Gasteiger partial charge in [-0.1, -0.05) is 18.2 Å². The SMILES string of the molecule is O=S(CS(=O)(=O)N1CCOCC1)c1ccccc1. The van der Waals surface area contributed by atoms with Crippen LogP contribution in [0.2, 0.25) is 0 Å². The van der Waals surface area contributed by atoms with Crippen molar-refractivity contribution in [3.63, 3.8) is 0 Å². The normalized spacial score (nSPS) is 19.6. The second-order valence-electron chi connectivity index (χ2n) is 3.90. The van der Waals surface area contributed by atoms with E-state index in [1.807, 2.05) is 0 Å². The minimum absolute atomic E-state index is 0.342. The largest absolute Gasteiger partial charge is 0.379 e. The number of morpholine rings is 1. The summed E-state index contributed by atoms with van der Waals surface area (Å²) in [6.45, 7) is 1.48. The van der Waals surface area contributed by atoms with Gasteiger partial charge in [0.25, 0.3) is 0 Å². The molecule has 1 heterocycles. The fourth-order valence-corrected chi connectivity index (χ4v) is 5.06. The zero-order chi connectivity index (χ0) is 13.0. The van der Waals surface area contributed by atoms with Crippen LogP contribution < -0.4 is 0 Å². The van der Waals surface area contributed by atoms with Crippen LogP contribution in [0.25, 0.3) is 0 Å². The molecule has 0 aromatic heterocycles. The van der Waals surface area contributed by atoms with Gasteiger partial charge in [-0.25, -0.2) is 8.42 Å². The molecule has 0 spiro atoms. The summed E-state index contributed by atoms with van der Waals surface area (Å²) in [6.07, 6.45) is 0. The number of hydrogen-bond acceptors (Lipinski definition) is 4. The molecular weight excluding hydrogens is 274 g/mol.